The molecule has 2 rings (SSSR count). The Balaban J connectivity index is 2.01. The van der Waals surface area contributed by atoms with Gasteiger partial charge in [-0.3, -0.25) is 10.1 Å². The molecule has 0 bridgehead atoms. The van der Waals surface area contributed by atoms with E-state index in [0.717, 1.165) is 13.2 Å². The van der Waals surface area contributed by atoms with Crippen LogP contribution in [0, 0.1) is 0 Å². The number of fused-ring (bicyclic) bond motifs is 1. The number of hydrogen-bond acceptors (Lipinski definition) is 8. The van der Waals surface area contributed by atoms with Gasteiger partial charge in [-0.1, -0.05) is 0 Å². The number of esters is 1. The molecule has 0 unspecified atom stereocenters. The summed E-state index contributed by atoms with van der Waals surface area (Å²) in [6.45, 7) is 2.17. The first-order valence-electron chi connectivity index (χ1n) is 7.69. The third-order valence-corrected chi connectivity index (χ3v) is 3.33. The van der Waals surface area contributed by atoms with E-state index in [1.807, 2.05) is 5.32 Å². The number of nitrogens with one attached hydrogen (secondary N) is 1. The smallest absolute Gasteiger partial charge is 0.413 e. The number of methoxy groups -OCH3 is 2. The van der Waals surface area contributed by atoms with Crippen LogP contribution in [-0.2, 0) is 19.1 Å². The molecule has 140 valence electrons. The van der Waals surface area contributed by atoms with Gasteiger partial charge in [-0.05, 0) is 30.7 Å². The van der Waals surface area contributed by atoms with Gasteiger partial charge in [-0.2, -0.15) is 0 Å². The van der Waals surface area contributed by atoms with Crippen LogP contribution in [0.15, 0.2) is 18.2 Å². The van der Waals surface area contributed by atoms with E-state index < -0.39 is 24.1 Å². The van der Waals surface area contributed by atoms with E-state index in [0.29, 0.717) is 36.0 Å². The molecule has 9 heteroatoms. The molecule has 1 aromatic rings. The summed E-state index contributed by atoms with van der Waals surface area (Å²) in [5, 5.41) is 1.91. The number of imide groups is 1. The molecule has 0 saturated carbocycles. The largest absolute Gasteiger partial charge is 0.493 e. The first kappa shape index (κ1) is 19.1. The molecule has 2 amide bonds. The third-order valence-electron chi connectivity index (χ3n) is 3.33. The predicted octanol–water partition coefficient (Wildman–Crippen LogP) is 1.29. The van der Waals surface area contributed by atoms with Crippen LogP contribution in [0.3, 0.4) is 0 Å². The highest BCUT2D eigenvalue weighted by atomic mass is 16.6. The summed E-state index contributed by atoms with van der Waals surface area (Å²) in [5.74, 6) is -0.0620. The molecule has 0 aromatic heterocycles. The average molecular weight is 365 g/mol. The van der Waals surface area contributed by atoms with Gasteiger partial charge < -0.3 is 23.7 Å². The zero-order chi connectivity index (χ0) is 19.1. The summed E-state index contributed by atoms with van der Waals surface area (Å²) >= 11 is 0. The summed E-state index contributed by atoms with van der Waals surface area (Å²) in [7, 11) is 2.61. The van der Waals surface area contributed by atoms with Crippen molar-refractivity contribution < 1.29 is 38.1 Å². The number of carbonyl (C=O) groups excluding carboxylic acids is 3. The lowest BCUT2D eigenvalue weighted by Crippen LogP contribution is -2.39. The molecule has 1 aromatic carbocycles. The van der Waals surface area contributed by atoms with Crippen molar-refractivity contribution in [3.8, 4) is 17.2 Å². The second-order valence-corrected chi connectivity index (χ2v) is 5.14. The first-order chi connectivity index (χ1) is 12.4. The van der Waals surface area contributed by atoms with Crippen LogP contribution in [0.4, 0.5) is 4.79 Å². The Morgan fingerprint density at radius 3 is 2.62 bits per heavy atom. The monoisotopic (exact) mass is 365 g/mol. The quantitative estimate of drug-likeness (QED) is 0.614. The zero-order valence-electron chi connectivity index (χ0n) is 14.6. The van der Waals surface area contributed by atoms with Crippen molar-refractivity contribution in [3.63, 3.8) is 0 Å². The SMILES string of the molecule is COC(=O)NC(=O)[C@@H](C)OC(=O)/C=C/c1cc(OC)c2c(c1)OCCO2. The van der Waals surface area contributed by atoms with Gasteiger partial charge in [0.2, 0.25) is 5.75 Å². The number of hydrogen-bond donors (Lipinski definition) is 1. The van der Waals surface area contributed by atoms with Crippen molar-refractivity contribution in [1.82, 2.24) is 5.32 Å². The lowest BCUT2D eigenvalue weighted by molar-refractivity contribution is -0.149. The fourth-order valence-corrected chi connectivity index (χ4v) is 2.07. The number of rotatable bonds is 5. The minimum absolute atomic E-state index is 0.415. The molecule has 0 aliphatic carbocycles. The second kappa shape index (κ2) is 8.75. The molecule has 0 radical (unpaired) electrons. The van der Waals surface area contributed by atoms with Crippen LogP contribution in [0.2, 0.25) is 0 Å². The van der Waals surface area contributed by atoms with E-state index in [-0.39, 0.29) is 0 Å². The maximum Gasteiger partial charge on any atom is 0.413 e. The van der Waals surface area contributed by atoms with Crippen LogP contribution in [0.5, 0.6) is 17.2 Å². The number of alkyl carbamates (subject to hydrolysis) is 1. The standard InChI is InChI=1S/C17H19NO8/c1-10(16(20)18-17(21)23-3)26-14(19)5-4-11-8-12(22-2)15-13(9-11)24-6-7-25-15/h4-5,8-10H,6-7H2,1-3H3,(H,18,20,21)/b5-4+/t10-/m1/s1. The maximum absolute atomic E-state index is 11.8. The van der Waals surface area contributed by atoms with Gasteiger partial charge in [0.25, 0.3) is 5.91 Å². The van der Waals surface area contributed by atoms with Crippen LogP contribution >= 0.6 is 0 Å². The topological polar surface area (TPSA) is 109 Å². The molecule has 0 spiro atoms. The Morgan fingerprint density at radius 2 is 1.92 bits per heavy atom. The van der Waals surface area contributed by atoms with E-state index >= 15 is 0 Å². The Hall–Kier alpha value is -3.23. The van der Waals surface area contributed by atoms with Gasteiger partial charge in [0, 0.05) is 6.08 Å². The highest BCUT2D eigenvalue weighted by Gasteiger charge is 2.20. The minimum Gasteiger partial charge on any atom is -0.493 e. The average Bonchev–Trinajstić information content (AvgIpc) is 2.65. The summed E-state index contributed by atoms with van der Waals surface area (Å²) in [4.78, 5) is 34.4. The highest BCUT2D eigenvalue weighted by molar-refractivity contribution is 5.96. The summed E-state index contributed by atoms with van der Waals surface area (Å²) in [6.07, 6.45) is 0.527. The molecule has 1 N–H and O–H groups in total. The van der Waals surface area contributed by atoms with Gasteiger partial charge in [0.05, 0.1) is 14.2 Å². The summed E-state index contributed by atoms with van der Waals surface area (Å²) in [5.41, 5.74) is 0.620. The van der Waals surface area contributed by atoms with Crippen LogP contribution < -0.4 is 19.5 Å². The minimum atomic E-state index is -1.17. The molecular weight excluding hydrogens is 346 g/mol. The second-order valence-electron chi connectivity index (χ2n) is 5.14. The fraction of sp³-hybridized carbons (Fsp3) is 0.353. The zero-order valence-corrected chi connectivity index (χ0v) is 14.6. The number of ether oxygens (including phenoxy) is 5. The predicted molar refractivity (Wildman–Crippen MR) is 89.1 cm³/mol. The Labute approximate surface area is 149 Å². The van der Waals surface area contributed by atoms with Gasteiger partial charge in [0.15, 0.2) is 17.6 Å². The van der Waals surface area contributed by atoms with Gasteiger partial charge in [0.1, 0.15) is 13.2 Å². The third kappa shape index (κ3) is 4.88. The Bertz CT molecular complexity index is 710. The lowest BCUT2D eigenvalue weighted by atomic mass is 10.1. The van der Waals surface area contributed by atoms with E-state index in [2.05, 4.69) is 4.74 Å². The molecule has 1 heterocycles. The van der Waals surface area contributed by atoms with E-state index in [9.17, 15) is 14.4 Å². The Morgan fingerprint density at radius 1 is 1.19 bits per heavy atom. The summed E-state index contributed by atoms with van der Waals surface area (Å²) in [6, 6.07) is 3.36. The lowest BCUT2D eigenvalue weighted by Gasteiger charge is -2.20. The molecule has 1 aliphatic rings. The number of amides is 2. The molecule has 0 fully saturated rings. The molecule has 26 heavy (non-hydrogen) atoms. The van der Waals surface area contributed by atoms with Crippen molar-refractivity contribution in [3.05, 3.63) is 23.8 Å². The van der Waals surface area contributed by atoms with Crippen molar-refractivity contribution in [2.45, 2.75) is 13.0 Å². The number of carbonyl (C=O) groups is 3. The normalized spacial score (nSPS) is 13.7. The molecular formula is C17H19NO8. The number of benzene rings is 1. The van der Waals surface area contributed by atoms with Crippen molar-refractivity contribution in [1.29, 1.82) is 0 Å². The van der Waals surface area contributed by atoms with Crippen molar-refractivity contribution >= 4 is 24.0 Å². The first-order valence-corrected chi connectivity index (χ1v) is 7.69. The van der Waals surface area contributed by atoms with Crippen LogP contribution in [-0.4, -0.2) is 51.5 Å². The van der Waals surface area contributed by atoms with Crippen molar-refractivity contribution in [2.24, 2.45) is 0 Å². The maximum atomic E-state index is 11.8. The van der Waals surface area contributed by atoms with E-state index in [4.69, 9.17) is 18.9 Å². The van der Waals surface area contributed by atoms with Crippen molar-refractivity contribution in [2.75, 3.05) is 27.4 Å². The fourth-order valence-electron chi connectivity index (χ4n) is 2.07. The molecule has 0 saturated heterocycles. The molecule has 1 atom stereocenters. The van der Waals surface area contributed by atoms with Gasteiger partial charge >= 0.3 is 12.1 Å². The van der Waals surface area contributed by atoms with Crippen LogP contribution in [0.1, 0.15) is 12.5 Å². The van der Waals surface area contributed by atoms with E-state index in [1.165, 1.54) is 20.1 Å². The summed E-state index contributed by atoms with van der Waals surface area (Å²) < 4.78 is 25.5. The molecule has 1 aliphatic heterocycles. The molecule has 9 nitrogen and oxygen atoms in total. The highest BCUT2D eigenvalue weighted by Crippen LogP contribution is 2.40. The Kier molecular flexibility index (Phi) is 6.42. The van der Waals surface area contributed by atoms with Gasteiger partial charge in [-0.25, -0.2) is 9.59 Å². The van der Waals surface area contributed by atoms with Gasteiger partial charge in [-0.15, -0.1) is 0 Å². The van der Waals surface area contributed by atoms with Crippen LogP contribution in [0.25, 0.3) is 6.08 Å². The van der Waals surface area contributed by atoms with E-state index in [1.54, 1.807) is 12.1 Å².